The van der Waals surface area contributed by atoms with E-state index in [0.29, 0.717) is 5.76 Å². The number of piperazine rings is 1. The number of amides is 1. The third kappa shape index (κ3) is 3.70. The van der Waals surface area contributed by atoms with Gasteiger partial charge in [-0.2, -0.15) is 0 Å². The van der Waals surface area contributed by atoms with Crippen LogP contribution in [0.5, 0.6) is 0 Å². The summed E-state index contributed by atoms with van der Waals surface area (Å²) in [6.07, 6.45) is 5.20. The second-order valence-electron chi connectivity index (χ2n) is 6.92. The van der Waals surface area contributed by atoms with Crippen LogP contribution < -0.4 is 20.4 Å². The molecule has 138 valence electrons. The molecule has 26 heavy (non-hydrogen) atoms. The Morgan fingerprint density at radius 1 is 1.00 bits per heavy atom. The number of rotatable bonds is 4. The third-order valence-corrected chi connectivity index (χ3v) is 5.15. The number of anilines is 3. The molecule has 4 rings (SSSR count). The Balaban J connectivity index is 1.61. The van der Waals surface area contributed by atoms with Crippen molar-refractivity contribution in [2.45, 2.75) is 19.3 Å². The summed E-state index contributed by atoms with van der Waals surface area (Å²) in [5, 5.41) is 6.43. The molecular formula is C20H26N4O2. The van der Waals surface area contributed by atoms with Crippen LogP contribution in [-0.4, -0.2) is 45.2 Å². The Kier molecular flexibility index (Phi) is 5.11. The van der Waals surface area contributed by atoms with Crippen molar-refractivity contribution in [3.05, 3.63) is 42.4 Å². The van der Waals surface area contributed by atoms with Gasteiger partial charge in [0.1, 0.15) is 0 Å². The Morgan fingerprint density at radius 2 is 1.81 bits per heavy atom. The van der Waals surface area contributed by atoms with E-state index in [4.69, 9.17) is 4.42 Å². The molecule has 2 N–H and O–H groups in total. The van der Waals surface area contributed by atoms with E-state index in [1.165, 1.54) is 31.2 Å². The summed E-state index contributed by atoms with van der Waals surface area (Å²) < 4.78 is 5.23. The van der Waals surface area contributed by atoms with E-state index < -0.39 is 0 Å². The van der Waals surface area contributed by atoms with Crippen molar-refractivity contribution in [1.29, 1.82) is 0 Å². The maximum absolute atomic E-state index is 12.5. The Bertz CT molecular complexity index is 732. The lowest BCUT2D eigenvalue weighted by atomic mass is 10.1. The smallest absolute Gasteiger partial charge is 0.291 e. The second kappa shape index (κ2) is 7.83. The van der Waals surface area contributed by atoms with Gasteiger partial charge in [0.15, 0.2) is 5.76 Å². The second-order valence-corrected chi connectivity index (χ2v) is 6.92. The van der Waals surface area contributed by atoms with E-state index in [2.05, 4.69) is 32.6 Å². The molecule has 6 nitrogen and oxygen atoms in total. The highest BCUT2D eigenvalue weighted by atomic mass is 16.3. The van der Waals surface area contributed by atoms with Crippen molar-refractivity contribution in [3.63, 3.8) is 0 Å². The molecule has 3 heterocycles. The number of carbonyl (C=O) groups excluding carboxylic acids is 1. The molecule has 0 bridgehead atoms. The number of hydrogen-bond acceptors (Lipinski definition) is 5. The van der Waals surface area contributed by atoms with Gasteiger partial charge < -0.3 is 24.9 Å². The summed E-state index contributed by atoms with van der Waals surface area (Å²) >= 11 is 0. The first-order valence-electron chi connectivity index (χ1n) is 9.51. The van der Waals surface area contributed by atoms with Gasteiger partial charge >= 0.3 is 0 Å². The summed E-state index contributed by atoms with van der Waals surface area (Å²) in [4.78, 5) is 17.3. The predicted octanol–water partition coefficient (Wildman–Crippen LogP) is 2.93. The topological polar surface area (TPSA) is 60.8 Å². The molecule has 2 aromatic rings. The minimum atomic E-state index is -0.205. The van der Waals surface area contributed by atoms with Crippen molar-refractivity contribution in [2.75, 3.05) is 54.4 Å². The maximum atomic E-state index is 12.5. The zero-order valence-electron chi connectivity index (χ0n) is 15.0. The van der Waals surface area contributed by atoms with Crippen molar-refractivity contribution in [1.82, 2.24) is 5.32 Å². The molecule has 0 aliphatic carbocycles. The number of piperidine rings is 1. The number of nitrogens with one attached hydrogen (secondary N) is 2. The largest absolute Gasteiger partial charge is 0.459 e. The predicted molar refractivity (Wildman–Crippen MR) is 104 cm³/mol. The number of nitrogens with zero attached hydrogens (tertiary/aromatic N) is 2. The molecular weight excluding hydrogens is 328 g/mol. The van der Waals surface area contributed by atoms with E-state index in [0.717, 1.165) is 50.6 Å². The van der Waals surface area contributed by atoms with E-state index in [-0.39, 0.29) is 5.91 Å². The van der Waals surface area contributed by atoms with Crippen LogP contribution in [0.15, 0.2) is 41.0 Å². The number of furan rings is 1. The normalized spacial score (nSPS) is 18.0. The highest BCUT2D eigenvalue weighted by Crippen LogP contribution is 2.33. The fraction of sp³-hybridized carbons (Fsp3) is 0.450. The third-order valence-electron chi connectivity index (χ3n) is 5.15. The molecule has 0 atom stereocenters. The average molecular weight is 354 g/mol. The van der Waals surface area contributed by atoms with E-state index in [1.807, 2.05) is 6.07 Å². The summed E-state index contributed by atoms with van der Waals surface area (Å²) in [5.74, 6) is 0.129. The molecule has 0 spiro atoms. The lowest BCUT2D eigenvalue weighted by Gasteiger charge is -2.34. The first kappa shape index (κ1) is 17.0. The molecule has 2 aliphatic rings. The summed E-state index contributed by atoms with van der Waals surface area (Å²) in [6, 6.07) is 9.78. The number of hydrogen-bond donors (Lipinski definition) is 2. The van der Waals surface area contributed by atoms with Gasteiger partial charge in [0, 0.05) is 45.0 Å². The molecule has 0 radical (unpaired) electrons. The van der Waals surface area contributed by atoms with Gasteiger partial charge in [-0.1, -0.05) is 0 Å². The lowest BCUT2D eigenvalue weighted by molar-refractivity contribution is 0.0996. The molecule has 0 unspecified atom stereocenters. The number of benzene rings is 1. The molecule has 1 aromatic carbocycles. The van der Waals surface area contributed by atoms with Crippen LogP contribution in [-0.2, 0) is 0 Å². The van der Waals surface area contributed by atoms with E-state index in [1.54, 1.807) is 12.1 Å². The molecule has 6 heteroatoms. The van der Waals surface area contributed by atoms with Gasteiger partial charge in [-0.05, 0) is 49.6 Å². The summed E-state index contributed by atoms with van der Waals surface area (Å²) in [6.45, 7) is 6.12. The van der Waals surface area contributed by atoms with Gasteiger partial charge in [-0.3, -0.25) is 4.79 Å². The Hall–Kier alpha value is -2.47. The standard InChI is InChI=1S/C20H26N4O2/c25-20(19-5-4-14-26-19)22-17-7-6-16(23-12-8-21-9-13-23)15-18(17)24-10-2-1-3-11-24/h4-7,14-15,21H,1-3,8-13H2,(H,22,25). The quantitative estimate of drug-likeness (QED) is 0.884. The van der Waals surface area contributed by atoms with Crippen LogP contribution in [0.3, 0.4) is 0 Å². The zero-order chi connectivity index (χ0) is 17.8. The van der Waals surface area contributed by atoms with Crippen LogP contribution in [0.4, 0.5) is 17.1 Å². The monoisotopic (exact) mass is 354 g/mol. The maximum Gasteiger partial charge on any atom is 0.291 e. The van der Waals surface area contributed by atoms with E-state index in [9.17, 15) is 4.79 Å². The van der Waals surface area contributed by atoms with Gasteiger partial charge in [0.2, 0.25) is 0 Å². The first-order valence-corrected chi connectivity index (χ1v) is 9.51. The van der Waals surface area contributed by atoms with Gasteiger partial charge in [0.05, 0.1) is 17.6 Å². The fourth-order valence-electron chi connectivity index (χ4n) is 3.73. The van der Waals surface area contributed by atoms with Gasteiger partial charge in [-0.25, -0.2) is 0 Å². The highest BCUT2D eigenvalue weighted by molar-refractivity contribution is 6.04. The number of carbonyl (C=O) groups is 1. The first-order chi connectivity index (χ1) is 12.8. The minimum Gasteiger partial charge on any atom is -0.459 e. The fourth-order valence-corrected chi connectivity index (χ4v) is 3.73. The molecule has 2 aliphatic heterocycles. The summed E-state index contributed by atoms with van der Waals surface area (Å²) in [5.41, 5.74) is 3.19. The van der Waals surface area contributed by atoms with Crippen molar-refractivity contribution in [2.24, 2.45) is 0 Å². The Labute approximate surface area is 154 Å². The molecule has 0 saturated carbocycles. The average Bonchev–Trinajstić information content (AvgIpc) is 3.25. The lowest BCUT2D eigenvalue weighted by Crippen LogP contribution is -2.43. The van der Waals surface area contributed by atoms with Crippen molar-refractivity contribution >= 4 is 23.0 Å². The Morgan fingerprint density at radius 3 is 2.54 bits per heavy atom. The zero-order valence-corrected chi connectivity index (χ0v) is 15.0. The van der Waals surface area contributed by atoms with Crippen LogP contribution in [0.1, 0.15) is 29.8 Å². The molecule has 2 saturated heterocycles. The van der Waals surface area contributed by atoms with Crippen LogP contribution >= 0.6 is 0 Å². The van der Waals surface area contributed by atoms with Crippen LogP contribution in [0, 0.1) is 0 Å². The minimum absolute atomic E-state index is 0.205. The van der Waals surface area contributed by atoms with Gasteiger partial charge in [0.25, 0.3) is 5.91 Å². The molecule has 1 aromatic heterocycles. The van der Waals surface area contributed by atoms with Gasteiger partial charge in [-0.15, -0.1) is 0 Å². The molecule has 2 fully saturated rings. The highest BCUT2D eigenvalue weighted by Gasteiger charge is 2.20. The van der Waals surface area contributed by atoms with Crippen molar-refractivity contribution < 1.29 is 9.21 Å². The van der Waals surface area contributed by atoms with E-state index >= 15 is 0 Å². The van der Waals surface area contributed by atoms with Crippen LogP contribution in [0.25, 0.3) is 0 Å². The van der Waals surface area contributed by atoms with Crippen LogP contribution in [0.2, 0.25) is 0 Å². The summed E-state index contributed by atoms with van der Waals surface area (Å²) in [7, 11) is 0. The SMILES string of the molecule is O=C(Nc1ccc(N2CCNCC2)cc1N1CCCCC1)c1ccco1. The van der Waals surface area contributed by atoms with Crippen molar-refractivity contribution in [3.8, 4) is 0 Å². The molecule has 1 amide bonds.